The van der Waals surface area contributed by atoms with Crippen LogP contribution >= 0.6 is 0 Å². The van der Waals surface area contributed by atoms with E-state index in [-0.39, 0.29) is 6.54 Å². The third-order valence-corrected chi connectivity index (χ3v) is 3.88. The molecule has 2 aliphatic heterocycles. The van der Waals surface area contributed by atoms with Gasteiger partial charge in [-0.2, -0.15) is 0 Å². The summed E-state index contributed by atoms with van der Waals surface area (Å²) in [7, 11) is 3.28. The Morgan fingerprint density at radius 2 is 2.30 bits per heavy atom. The molecule has 0 spiro atoms. The fraction of sp³-hybridized carbons (Fsp3) is 0.467. The summed E-state index contributed by atoms with van der Waals surface area (Å²) in [6.45, 7) is 2.01. The van der Waals surface area contributed by atoms with Crippen molar-refractivity contribution < 1.29 is 23.8 Å². The van der Waals surface area contributed by atoms with Gasteiger partial charge in [0.05, 0.1) is 38.1 Å². The fourth-order valence-corrected chi connectivity index (χ4v) is 2.62. The minimum Gasteiger partial charge on any atom is -0.489 e. The van der Waals surface area contributed by atoms with Gasteiger partial charge in [0.25, 0.3) is 0 Å². The Morgan fingerprint density at radius 1 is 1.48 bits per heavy atom. The van der Waals surface area contributed by atoms with E-state index in [4.69, 9.17) is 9.47 Å². The highest BCUT2D eigenvalue weighted by Gasteiger charge is 2.33. The average Bonchev–Trinajstić information content (AvgIpc) is 2.93. The van der Waals surface area contributed by atoms with Crippen LogP contribution in [0.3, 0.4) is 0 Å². The summed E-state index contributed by atoms with van der Waals surface area (Å²) in [6.07, 6.45) is -1.41. The quantitative estimate of drug-likeness (QED) is 0.901. The molecule has 0 aromatic heterocycles. The number of fused-ring (bicyclic) bond motifs is 1. The number of nitrogens with one attached hydrogen (secondary N) is 1. The molecule has 1 saturated heterocycles. The summed E-state index contributed by atoms with van der Waals surface area (Å²) in [5, 5.41) is 2.53. The van der Waals surface area contributed by atoms with Gasteiger partial charge in [-0.25, -0.2) is 9.59 Å². The van der Waals surface area contributed by atoms with Crippen molar-refractivity contribution in [1.82, 2.24) is 5.32 Å². The number of amides is 2. The van der Waals surface area contributed by atoms with E-state index in [2.05, 4.69) is 15.0 Å². The summed E-state index contributed by atoms with van der Waals surface area (Å²) >= 11 is 0. The first-order valence-electron chi connectivity index (χ1n) is 7.36. The zero-order chi connectivity index (χ0) is 16.4. The lowest BCUT2D eigenvalue weighted by Crippen LogP contribution is -2.34. The minimum atomic E-state index is -0.551. The second-order valence-electron chi connectivity index (χ2n) is 5.41. The Morgan fingerprint density at radius 3 is 3.09 bits per heavy atom. The molecule has 1 aromatic carbocycles. The molecule has 1 aromatic rings. The summed E-state index contributed by atoms with van der Waals surface area (Å²) in [5.41, 5.74) is 1.71. The van der Waals surface area contributed by atoms with Crippen LogP contribution < -0.4 is 19.9 Å². The standard InChI is InChI=1S/C15H19N3O5/c1-17-5-6-22-13-7-10(3-4-12(13)17)18-9-11(23-15(18)20)8-16-14(19)21-2/h3-4,7,11H,5-6,8-9H2,1-2H3,(H,16,19)/t11-/m0/s1. The second kappa shape index (κ2) is 6.23. The van der Waals surface area contributed by atoms with E-state index in [1.165, 1.54) is 12.0 Å². The number of cyclic esters (lactones) is 1. The van der Waals surface area contributed by atoms with Gasteiger partial charge in [0.2, 0.25) is 0 Å². The maximum absolute atomic E-state index is 12.0. The number of hydrogen-bond donors (Lipinski definition) is 1. The molecular weight excluding hydrogens is 302 g/mol. The number of methoxy groups -OCH3 is 1. The number of anilines is 2. The number of hydrogen-bond acceptors (Lipinski definition) is 6. The van der Waals surface area contributed by atoms with Crippen LogP contribution in [0, 0.1) is 0 Å². The molecule has 2 aliphatic rings. The molecular formula is C15H19N3O5. The van der Waals surface area contributed by atoms with Crippen molar-refractivity contribution in [2.24, 2.45) is 0 Å². The van der Waals surface area contributed by atoms with Crippen LogP contribution in [-0.4, -0.2) is 58.7 Å². The van der Waals surface area contributed by atoms with Crippen molar-refractivity contribution >= 4 is 23.6 Å². The maximum Gasteiger partial charge on any atom is 0.414 e. The number of ether oxygens (including phenoxy) is 3. The van der Waals surface area contributed by atoms with E-state index in [9.17, 15) is 9.59 Å². The summed E-state index contributed by atoms with van der Waals surface area (Å²) in [4.78, 5) is 26.8. The lowest BCUT2D eigenvalue weighted by Gasteiger charge is -2.28. The third-order valence-electron chi connectivity index (χ3n) is 3.88. The molecule has 3 rings (SSSR count). The van der Waals surface area contributed by atoms with Crippen LogP contribution in [0.1, 0.15) is 0 Å². The van der Waals surface area contributed by atoms with Crippen molar-refractivity contribution in [1.29, 1.82) is 0 Å². The molecule has 0 aliphatic carbocycles. The van der Waals surface area contributed by atoms with Gasteiger partial charge in [-0.1, -0.05) is 0 Å². The van der Waals surface area contributed by atoms with Crippen molar-refractivity contribution in [2.45, 2.75) is 6.10 Å². The smallest absolute Gasteiger partial charge is 0.414 e. The summed E-state index contributed by atoms with van der Waals surface area (Å²) in [6, 6.07) is 5.63. The van der Waals surface area contributed by atoms with Gasteiger partial charge in [-0.15, -0.1) is 0 Å². The SMILES string of the molecule is COC(=O)NC[C@H]1CN(c2ccc3c(c2)OCCN3C)C(=O)O1. The van der Waals surface area contributed by atoms with Crippen molar-refractivity contribution in [3.8, 4) is 5.75 Å². The van der Waals surface area contributed by atoms with Crippen LogP contribution in [0.25, 0.3) is 0 Å². The van der Waals surface area contributed by atoms with E-state index in [0.717, 1.165) is 18.0 Å². The first-order valence-corrected chi connectivity index (χ1v) is 7.36. The first-order chi connectivity index (χ1) is 11.1. The number of rotatable bonds is 3. The molecule has 23 heavy (non-hydrogen) atoms. The lowest BCUT2D eigenvalue weighted by molar-refractivity contribution is 0.132. The van der Waals surface area contributed by atoms with Gasteiger partial charge < -0.3 is 24.4 Å². The lowest BCUT2D eigenvalue weighted by atomic mass is 10.2. The highest BCUT2D eigenvalue weighted by atomic mass is 16.6. The molecule has 8 heteroatoms. The Balaban J connectivity index is 1.70. The van der Waals surface area contributed by atoms with E-state index < -0.39 is 18.3 Å². The van der Waals surface area contributed by atoms with E-state index >= 15 is 0 Å². The van der Waals surface area contributed by atoms with Gasteiger partial charge in [0.15, 0.2) is 0 Å². The predicted octanol–water partition coefficient (Wildman–Crippen LogP) is 1.20. The zero-order valence-electron chi connectivity index (χ0n) is 13.1. The van der Waals surface area contributed by atoms with Crippen LogP contribution in [-0.2, 0) is 9.47 Å². The van der Waals surface area contributed by atoms with Crippen molar-refractivity contribution in [3.63, 3.8) is 0 Å². The predicted molar refractivity (Wildman–Crippen MR) is 83.2 cm³/mol. The Kier molecular flexibility index (Phi) is 4.14. The molecule has 0 radical (unpaired) electrons. The number of benzene rings is 1. The van der Waals surface area contributed by atoms with Crippen molar-refractivity contribution in [2.75, 3.05) is 50.2 Å². The van der Waals surface area contributed by atoms with Gasteiger partial charge in [-0.3, -0.25) is 4.90 Å². The number of likely N-dealkylation sites (N-methyl/N-ethyl adjacent to an activating group) is 1. The highest BCUT2D eigenvalue weighted by molar-refractivity contribution is 5.90. The summed E-state index contributed by atoms with van der Waals surface area (Å²) < 4.78 is 15.4. The topological polar surface area (TPSA) is 80.3 Å². The normalized spacial score (nSPS) is 19.7. The molecule has 0 unspecified atom stereocenters. The molecule has 124 valence electrons. The molecule has 2 amide bonds. The second-order valence-corrected chi connectivity index (χ2v) is 5.41. The Bertz CT molecular complexity index is 621. The van der Waals surface area contributed by atoms with E-state index in [1.807, 2.05) is 25.2 Å². The van der Waals surface area contributed by atoms with E-state index in [0.29, 0.717) is 18.8 Å². The van der Waals surface area contributed by atoms with Crippen LogP contribution in [0.5, 0.6) is 5.75 Å². The zero-order valence-corrected chi connectivity index (χ0v) is 13.1. The van der Waals surface area contributed by atoms with E-state index in [1.54, 1.807) is 0 Å². The number of carbonyl (C=O) groups is 2. The first kappa shape index (κ1) is 15.3. The van der Waals surface area contributed by atoms with Gasteiger partial charge >= 0.3 is 12.2 Å². The minimum absolute atomic E-state index is 0.207. The number of carbonyl (C=O) groups excluding carboxylic acids is 2. The molecule has 1 N–H and O–H groups in total. The maximum atomic E-state index is 12.0. The largest absolute Gasteiger partial charge is 0.489 e. The monoisotopic (exact) mass is 321 g/mol. The molecule has 1 fully saturated rings. The fourth-order valence-electron chi connectivity index (χ4n) is 2.62. The Hall–Kier alpha value is -2.64. The molecule has 2 heterocycles. The highest BCUT2D eigenvalue weighted by Crippen LogP contribution is 2.35. The van der Waals surface area contributed by atoms with Gasteiger partial charge in [0, 0.05) is 13.1 Å². The van der Waals surface area contributed by atoms with Gasteiger partial charge in [-0.05, 0) is 12.1 Å². The third kappa shape index (κ3) is 3.10. The number of nitrogens with zero attached hydrogens (tertiary/aromatic N) is 2. The van der Waals surface area contributed by atoms with Crippen molar-refractivity contribution in [3.05, 3.63) is 18.2 Å². The molecule has 0 saturated carbocycles. The van der Waals surface area contributed by atoms with Crippen LogP contribution in [0.15, 0.2) is 18.2 Å². The Labute approximate surface area is 133 Å². The summed E-state index contributed by atoms with van der Waals surface area (Å²) in [5.74, 6) is 0.750. The van der Waals surface area contributed by atoms with Crippen LogP contribution in [0.4, 0.5) is 21.0 Å². The number of alkyl carbamates (subject to hydrolysis) is 1. The van der Waals surface area contributed by atoms with Crippen LogP contribution in [0.2, 0.25) is 0 Å². The van der Waals surface area contributed by atoms with Gasteiger partial charge in [0.1, 0.15) is 18.5 Å². The molecule has 8 nitrogen and oxygen atoms in total. The molecule has 0 bridgehead atoms. The average molecular weight is 321 g/mol. The molecule has 1 atom stereocenters.